The Kier molecular flexibility index (Phi) is 5.04. The zero-order valence-electron chi connectivity index (χ0n) is 10.2. The summed E-state index contributed by atoms with van der Waals surface area (Å²) in [6, 6.07) is 3.69. The highest BCUT2D eigenvalue weighted by Gasteiger charge is 2.30. The first-order valence-corrected chi connectivity index (χ1v) is 6.38. The van der Waals surface area contributed by atoms with Crippen molar-refractivity contribution in [3.05, 3.63) is 28.2 Å². The standard InChI is InChI=1S/C12H16BrF3N2/c1-7(17)5-8(2)18-11-4-3-9(6-10(11)13)12(14,15)16/h3-4,6-8,18H,5,17H2,1-2H3. The normalized spacial score (nSPS) is 15.3. The number of rotatable bonds is 4. The zero-order chi connectivity index (χ0) is 13.9. The highest BCUT2D eigenvalue weighted by molar-refractivity contribution is 9.10. The molecule has 2 unspecified atom stereocenters. The molecule has 0 aliphatic heterocycles. The average molecular weight is 325 g/mol. The SMILES string of the molecule is CC(N)CC(C)Nc1ccc(C(F)(F)F)cc1Br. The Balaban J connectivity index is 2.80. The molecule has 0 spiro atoms. The number of anilines is 1. The summed E-state index contributed by atoms with van der Waals surface area (Å²) in [5.74, 6) is 0. The van der Waals surface area contributed by atoms with Crippen LogP contribution < -0.4 is 11.1 Å². The summed E-state index contributed by atoms with van der Waals surface area (Å²) >= 11 is 3.14. The van der Waals surface area contributed by atoms with Crippen LogP contribution in [-0.4, -0.2) is 12.1 Å². The number of nitrogens with two attached hydrogens (primary N) is 1. The number of halogens is 4. The number of alkyl halides is 3. The largest absolute Gasteiger partial charge is 0.416 e. The number of nitrogens with one attached hydrogen (secondary N) is 1. The molecule has 0 aromatic heterocycles. The quantitative estimate of drug-likeness (QED) is 0.878. The van der Waals surface area contributed by atoms with Crippen molar-refractivity contribution in [2.75, 3.05) is 5.32 Å². The van der Waals surface area contributed by atoms with Crippen LogP contribution in [0.2, 0.25) is 0 Å². The van der Waals surface area contributed by atoms with Gasteiger partial charge < -0.3 is 11.1 Å². The highest BCUT2D eigenvalue weighted by atomic mass is 79.9. The molecule has 1 rings (SSSR count). The first kappa shape index (κ1) is 15.3. The van der Waals surface area contributed by atoms with Crippen LogP contribution >= 0.6 is 15.9 Å². The predicted molar refractivity (Wildman–Crippen MR) is 70.5 cm³/mol. The van der Waals surface area contributed by atoms with E-state index in [0.29, 0.717) is 10.2 Å². The van der Waals surface area contributed by atoms with Crippen molar-refractivity contribution in [1.82, 2.24) is 0 Å². The molecule has 0 aliphatic carbocycles. The second-order valence-electron chi connectivity index (χ2n) is 4.45. The van der Waals surface area contributed by atoms with Crippen LogP contribution in [-0.2, 0) is 6.18 Å². The fraction of sp³-hybridized carbons (Fsp3) is 0.500. The lowest BCUT2D eigenvalue weighted by atomic mass is 10.1. The van der Waals surface area contributed by atoms with Gasteiger partial charge in [0.15, 0.2) is 0 Å². The van der Waals surface area contributed by atoms with Gasteiger partial charge in [-0.3, -0.25) is 0 Å². The molecule has 0 fully saturated rings. The Morgan fingerprint density at radius 2 is 1.94 bits per heavy atom. The monoisotopic (exact) mass is 324 g/mol. The fourth-order valence-corrected chi connectivity index (χ4v) is 2.18. The average Bonchev–Trinajstić information content (AvgIpc) is 2.18. The fourth-order valence-electron chi connectivity index (χ4n) is 1.69. The van der Waals surface area contributed by atoms with Gasteiger partial charge in [-0.2, -0.15) is 13.2 Å². The van der Waals surface area contributed by atoms with Gasteiger partial charge in [0.25, 0.3) is 0 Å². The van der Waals surface area contributed by atoms with Gasteiger partial charge in [0.1, 0.15) is 0 Å². The maximum Gasteiger partial charge on any atom is 0.416 e. The highest BCUT2D eigenvalue weighted by Crippen LogP contribution is 2.34. The molecule has 1 aromatic carbocycles. The van der Waals surface area contributed by atoms with Gasteiger partial charge in [0.05, 0.1) is 5.56 Å². The molecule has 1 aromatic rings. The van der Waals surface area contributed by atoms with Crippen LogP contribution in [0.1, 0.15) is 25.8 Å². The lowest BCUT2D eigenvalue weighted by molar-refractivity contribution is -0.137. The molecular weight excluding hydrogens is 309 g/mol. The molecule has 0 aliphatic rings. The van der Waals surface area contributed by atoms with Gasteiger partial charge in [0, 0.05) is 22.2 Å². The van der Waals surface area contributed by atoms with E-state index in [0.717, 1.165) is 18.6 Å². The van der Waals surface area contributed by atoms with Gasteiger partial charge in [-0.1, -0.05) is 0 Å². The van der Waals surface area contributed by atoms with E-state index in [1.807, 2.05) is 13.8 Å². The molecule has 0 heterocycles. The van der Waals surface area contributed by atoms with Crippen molar-refractivity contribution in [3.63, 3.8) is 0 Å². The minimum atomic E-state index is -4.32. The molecule has 18 heavy (non-hydrogen) atoms. The molecule has 6 heteroatoms. The Morgan fingerprint density at radius 3 is 2.39 bits per heavy atom. The molecule has 2 atom stereocenters. The van der Waals surface area contributed by atoms with Crippen molar-refractivity contribution >= 4 is 21.6 Å². The summed E-state index contributed by atoms with van der Waals surface area (Å²) < 4.78 is 37.8. The van der Waals surface area contributed by atoms with Gasteiger partial charge in [-0.15, -0.1) is 0 Å². The molecule has 0 saturated heterocycles. The molecule has 0 amide bonds. The predicted octanol–water partition coefficient (Wildman–Crippen LogP) is 4.01. The van der Waals surface area contributed by atoms with Crippen molar-refractivity contribution in [1.29, 1.82) is 0 Å². The third-order valence-corrected chi connectivity index (χ3v) is 3.08. The van der Waals surface area contributed by atoms with Crippen LogP contribution in [0.3, 0.4) is 0 Å². The van der Waals surface area contributed by atoms with Crippen molar-refractivity contribution < 1.29 is 13.2 Å². The summed E-state index contributed by atoms with van der Waals surface area (Å²) in [6.07, 6.45) is -3.58. The molecule has 3 N–H and O–H groups in total. The molecule has 0 bridgehead atoms. The zero-order valence-corrected chi connectivity index (χ0v) is 11.8. The van der Waals surface area contributed by atoms with E-state index in [2.05, 4.69) is 21.2 Å². The maximum atomic E-state index is 12.5. The summed E-state index contributed by atoms with van der Waals surface area (Å²) in [7, 11) is 0. The van der Waals surface area contributed by atoms with Crippen molar-refractivity contribution in [3.8, 4) is 0 Å². The first-order chi connectivity index (χ1) is 8.20. The molecule has 0 saturated carbocycles. The van der Waals surface area contributed by atoms with Crippen LogP contribution in [0.5, 0.6) is 0 Å². The third-order valence-electron chi connectivity index (χ3n) is 2.42. The lowest BCUT2D eigenvalue weighted by Gasteiger charge is -2.19. The van der Waals surface area contributed by atoms with Crippen molar-refractivity contribution in [2.45, 2.75) is 38.5 Å². The molecule has 102 valence electrons. The van der Waals surface area contributed by atoms with Gasteiger partial charge in [0.2, 0.25) is 0 Å². The van der Waals surface area contributed by atoms with E-state index in [-0.39, 0.29) is 12.1 Å². The van der Waals surface area contributed by atoms with Crippen LogP contribution in [0.4, 0.5) is 18.9 Å². The van der Waals surface area contributed by atoms with E-state index in [9.17, 15) is 13.2 Å². The number of hydrogen-bond acceptors (Lipinski definition) is 2. The second-order valence-corrected chi connectivity index (χ2v) is 5.31. The Hall–Kier alpha value is -0.750. The van der Waals surface area contributed by atoms with Gasteiger partial charge in [-0.05, 0) is 54.4 Å². The minimum Gasteiger partial charge on any atom is -0.382 e. The third kappa shape index (κ3) is 4.49. The molecule has 0 radical (unpaired) electrons. The summed E-state index contributed by atoms with van der Waals surface area (Å²) in [5, 5.41) is 3.13. The molecule has 2 nitrogen and oxygen atoms in total. The minimum absolute atomic E-state index is 0.0423. The van der Waals surface area contributed by atoms with Crippen LogP contribution in [0, 0.1) is 0 Å². The van der Waals surface area contributed by atoms with E-state index in [4.69, 9.17) is 5.73 Å². The Bertz CT molecular complexity index is 405. The lowest BCUT2D eigenvalue weighted by Crippen LogP contribution is -2.26. The number of hydrogen-bond donors (Lipinski definition) is 2. The van der Waals surface area contributed by atoms with E-state index >= 15 is 0 Å². The smallest absolute Gasteiger partial charge is 0.382 e. The van der Waals surface area contributed by atoms with Crippen LogP contribution in [0.15, 0.2) is 22.7 Å². The van der Waals surface area contributed by atoms with Crippen LogP contribution in [0.25, 0.3) is 0 Å². The van der Waals surface area contributed by atoms with E-state index in [1.54, 1.807) is 0 Å². The van der Waals surface area contributed by atoms with E-state index in [1.165, 1.54) is 6.07 Å². The van der Waals surface area contributed by atoms with Crippen molar-refractivity contribution in [2.24, 2.45) is 5.73 Å². The van der Waals surface area contributed by atoms with E-state index < -0.39 is 11.7 Å². The molecular formula is C12H16BrF3N2. The van der Waals surface area contributed by atoms with Gasteiger partial charge in [-0.25, -0.2) is 0 Å². The summed E-state index contributed by atoms with van der Waals surface area (Å²) in [5.41, 5.74) is 5.63. The Morgan fingerprint density at radius 1 is 1.33 bits per heavy atom. The Labute approximate surface area is 113 Å². The topological polar surface area (TPSA) is 38.0 Å². The maximum absolute atomic E-state index is 12.5. The summed E-state index contributed by atoms with van der Waals surface area (Å²) in [6.45, 7) is 3.83. The summed E-state index contributed by atoms with van der Waals surface area (Å²) in [4.78, 5) is 0. The number of benzene rings is 1. The second kappa shape index (κ2) is 5.93. The first-order valence-electron chi connectivity index (χ1n) is 5.59. The van der Waals surface area contributed by atoms with Gasteiger partial charge >= 0.3 is 6.18 Å².